The number of benzene rings is 2. The summed E-state index contributed by atoms with van der Waals surface area (Å²) in [5.41, 5.74) is 2.38. The fourth-order valence-corrected chi connectivity index (χ4v) is 5.06. The first-order valence-electron chi connectivity index (χ1n) is 10.9. The predicted octanol–water partition coefficient (Wildman–Crippen LogP) is 4.37. The first kappa shape index (κ1) is 21.2. The normalized spacial score (nSPS) is 26.4. The van der Waals surface area contributed by atoms with Crippen LogP contribution in [0.3, 0.4) is 0 Å². The molecule has 2 saturated heterocycles. The van der Waals surface area contributed by atoms with Crippen molar-refractivity contribution >= 4 is 33.4 Å². The minimum Gasteiger partial charge on any atom is -0.507 e. The Balaban J connectivity index is 1.59. The summed E-state index contributed by atoms with van der Waals surface area (Å²) in [6.07, 6.45) is 2.48. The molecule has 0 spiro atoms. The Hall–Kier alpha value is -2.64. The number of likely N-dealkylation sites (tertiary alicyclic amines) is 1. The van der Waals surface area contributed by atoms with E-state index < -0.39 is 17.7 Å². The number of ketones is 1. The molecule has 32 heavy (non-hydrogen) atoms. The summed E-state index contributed by atoms with van der Waals surface area (Å²) in [4.78, 5) is 27.8. The van der Waals surface area contributed by atoms with Crippen molar-refractivity contribution in [3.8, 4) is 5.75 Å². The minimum atomic E-state index is -0.671. The average molecular weight is 498 g/mol. The Morgan fingerprint density at radius 1 is 1.19 bits per heavy atom. The van der Waals surface area contributed by atoms with Gasteiger partial charge in [-0.05, 0) is 61.2 Å². The van der Waals surface area contributed by atoms with Crippen LogP contribution < -0.4 is 4.74 Å². The smallest absolute Gasteiger partial charge is 0.295 e. The van der Waals surface area contributed by atoms with Crippen molar-refractivity contribution in [2.75, 3.05) is 13.2 Å². The van der Waals surface area contributed by atoms with Crippen molar-refractivity contribution in [2.45, 2.75) is 44.4 Å². The van der Waals surface area contributed by atoms with Gasteiger partial charge in [0.25, 0.3) is 11.7 Å². The van der Waals surface area contributed by atoms with Crippen molar-refractivity contribution in [1.29, 1.82) is 0 Å². The maximum absolute atomic E-state index is 13.2. The third kappa shape index (κ3) is 3.73. The third-order valence-corrected chi connectivity index (χ3v) is 6.85. The van der Waals surface area contributed by atoms with Crippen LogP contribution in [0.2, 0.25) is 0 Å². The second-order valence-corrected chi connectivity index (χ2v) is 9.51. The van der Waals surface area contributed by atoms with Crippen molar-refractivity contribution in [3.63, 3.8) is 0 Å². The summed E-state index contributed by atoms with van der Waals surface area (Å²) in [7, 11) is 0. The predicted molar refractivity (Wildman–Crippen MR) is 122 cm³/mol. The summed E-state index contributed by atoms with van der Waals surface area (Å²) in [6, 6.07) is 12.2. The van der Waals surface area contributed by atoms with E-state index in [1.54, 1.807) is 11.0 Å². The molecule has 6 nitrogen and oxygen atoms in total. The summed E-state index contributed by atoms with van der Waals surface area (Å²) in [6.45, 7) is 2.97. The molecule has 7 heteroatoms. The third-order valence-electron chi connectivity index (χ3n) is 6.32. The molecule has 0 saturated carbocycles. The quantitative estimate of drug-likeness (QED) is 0.385. The highest BCUT2D eigenvalue weighted by molar-refractivity contribution is 9.10. The zero-order valence-corrected chi connectivity index (χ0v) is 19.3. The minimum absolute atomic E-state index is 0.0714. The van der Waals surface area contributed by atoms with Gasteiger partial charge in [0.2, 0.25) is 0 Å². The van der Waals surface area contributed by atoms with Crippen LogP contribution in [0.5, 0.6) is 5.75 Å². The maximum Gasteiger partial charge on any atom is 0.295 e. The number of halogens is 1. The van der Waals surface area contributed by atoms with E-state index in [2.05, 4.69) is 15.9 Å². The van der Waals surface area contributed by atoms with Crippen molar-refractivity contribution in [1.82, 2.24) is 4.90 Å². The Morgan fingerprint density at radius 2 is 1.97 bits per heavy atom. The Morgan fingerprint density at radius 3 is 2.69 bits per heavy atom. The summed E-state index contributed by atoms with van der Waals surface area (Å²) >= 11 is 3.44. The summed E-state index contributed by atoms with van der Waals surface area (Å²) in [5.74, 6) is -0.641. The first-order chi connectivity index (χ1) is 15.4. The summed E-state index contributed by atoms with van der Waals surface area (Å²) in [5, 5.41) is 11.3. The van der Waals surface area contributed by atoms with E-state index in [0.717, 1.165) is 40.6 Å². The van der Waals surface area contributed by atoms with E-state index in [1.165, 1.54) is 0 Å². The Labute approximate surface area is 194 Å². The lowest BCUT2D eigenvalue weighted by Crippen LogP contribution is -2.36. The van der Waals surface area contributed by atoms with Gasteiger partial charge in [0, 0.05) is 29.6 Å². The van der Waals surface area contributed by atoms with Gasteiger partial charge < -0.3 is 19.5 Å². The standard InChI is InChI=1S/C25H24BrNO5/c1-14-11-17-12-16(6-9-20(17)32-14)23(28)21-22(15-4-7-18(26)8-5-15)27(25(30)24(21)29)13-19-3-2-10-31-19/h4-9,12,14,19,22,28H,2-3,10-11,13H2,1H3. The molecular weight excluding hydrogens is 474 g/mol. The number of hydrogen-bond donors (Lipinski definition) is 1. The van der Waals surface area contributed by atoms with Gasteiger partial charge in [-0.1, -0.05) is 28.1 Å². The zero-order chi connectivity index (χ0) is 22.4. The largest absolute Gasteiger partial charge is 0.507 e. The molecule has 3 heterocycles. The molecule has 0 aliphatic carbocycles. The summed E-state index contributed by atoms with van der Waals surface area (Å²) < 4.78 is 12.4. The van der Waals surface area contributed by atoms with Gasteiger partial charge in [0.1, 0.15) is 17.6 Å². The lowest BCUT2D eigenvalue weighted by Gasteiger charge is -2.27. The molecule has 5 rings (SSSR count). The highest BCUT2D eigenvalue weighted by Crippen LogP contribution is 2.41. The van der Waals surface area contributed by atoms with Crippen LogP contribution in [0.4, 0.5) is 0 Å². The van der Waals surface area contributed by atoms with E-state index in [4.69, 9.17) is 9.47 Å². The fraction of sp³-hybridized carbons (Fsp3) is 0.360. The number of rotatable bonds is 4. The molecule has 2 aromatic rings. The molecule has 3 aliphatic heterocycles. The van der Waals surface area contributed by atoms with Crippen LogP contribution in [-0.2, 0) is 20.7 Å². The number of ether oxygens (including phenoxy) is 2. The maximum atomic E-state index is 13.2. The van der Waals surface area contributed by atoms with Gasteiger partial charge >= 0.3 is 0 Å². The molecule has 0 radical (unpaired) electrons. The topological polar surface area (TPSA) is 76.1 Å². The highest BCUT2D eigenvalue weighted by atomic mass is 79.9. The van der Waals surface area contributed by atoms with E-state index in [-0.39, 0.29) is 23.5 Å². The number of carbonyl (C=O) groups excluding carboxylic acids is 2. The molecule has 0 aromatic heterocycles. The monoisotopic (exact) mass is 497 g/mol. The van der Waals surface area contributed by atoms with Gasteiger partial charge in [0.15, 0.2) is 0 Å². The van der Waals surface area contributed by atoms with Crippen molar-refractivity contribution < 1.29 is 24.2 Å². The molecular formula is C25H24BrNO5. The fourth-order valence-electron chi connectivity index (χ4n) is 4.79. The van der Waals surface area contributed by atoms with Gasteiger partial charge in [-0.15, -0.1) is 0 Å². The van der Waals surface area contributed by atoms with Crippen LogP contribution in [0, 0.1) is 0 Å². The van der Waals surface area contributed by atoms with Crippen molar-refractivity contribution in [3.05, 3.63) is 69.2 Å². The van der Waals surface area contributed by atoms with E-state index >= 15 is 0 Å². The van der Waals surface area contributed by atoms with Crippen LogP contribution in [0.25, 0.3) is 5.76 Å². The number of Topliss-reactive ketones (excluding diaryl/α,β-unsaturated/α-hetero) is 1. The van der Waals surface area contributed by atoms with Crippen LogP contribution in [0.15, 0.2) is 52.5 Å². The number of aliphatic hydroxyl groups excluding tert-OH is 1. The van der Waals surface area contributed by atoms with E-state index in [9.17, 15) is 14.7 Å². The lowest BCUT2D eigenvalue weighted by atomic mass is 9.94. The first-order valence-corrected chi connectivity index (χ1v) is 11.7. The number of aliphatic hydroxyl groups is 1. The van der Waals surface area contributed by atoms with Gasteiger partial charge in [-0.2, -0.15) is 0 Å². The number of amides is 1. The van der Waals surface area contributed by atoms with E-state index in [1.807, 2.05) is 43.3 Å². The SMILES string of the molecule is CC1Cc2cc(C(O)=C3C(=O)C(=O)N(CC4CCCO4)C3c3ccc(Br)cc3)ccc2O1. The Kier molecular flexibility index (Phi) is 5.55. The van der Waals surface area contributed by atoms with Gasteiger partial charge in [0.05, 0.1) is 17.7 Å². The van der Waals surface area contributed by atoms with E-state index in [0.29, 0.717) is 18.7 Å². The number of fused-ring (bicyclic) bond motifs is 1. The number of nitrogens with zero attached hydrogens (tertiary/aromatic N) is 1. The molecule has 3 unspecified atom stereocenters. The molecule has 3 aliphatic rings. The van der Waals surface area contributed by atoms with Crippen LogP contribution in [-0.4, -0.2) is 47.1 Å². The molecule has 2 aromatic carbocycles. The van der Waals surface area contributed by atoms with Crippen LogP contribution in [0.1, 0.15) is 42.5 Å². The number of hydrogen-bond acceptors (Lipinski definition) is 5. The second-order valence-electron chi connectivity index (χ2n) is 8.59. The zero-order valence-electron chi connectivity index (χ0n) is 17.7. The molecule has 2 fully saturated rings. The number of carbonyl (C=O) groups is 2. The molecule has 1 amide bonds. The van der Waals surface area contributed by atoms with Gasteiger partial charge in [-0.25, -0.2) is 0 Å². The second kappa shape index (κ2) is 8.37. The van der Waals surface area contributed by atoms with Crippen molar-refractivity contribution in [2.24, 2.45) is 0 Å². The van der Waals surface area contributed by atoms with Gasteiger partial charge in [-0.3, -0.25) is 9.59 Å². The average Bonchev–Trinajstić information content (AvgIpc) is 3.48. The molecule has 166 valence electrons. The molecule has 0 bridgehead atoms. The Bertz CT molecular complexity index is 1100. The lowest BCUT2D eigenvalue weighted by molar-refractivity contribution is -0.140. The molecule has 1 N–H and O–H groups in total. The highest BCUT2D eigenvalue weighted by Gasteiger charge is 2.47. The molecule has 3 atom stereocenters. The van der Waals surface area contributed by atoms with Crippen LogP contribution >= 0.6 is 15.9 Å².